The van der Waals surface area contributed by atoms with Crippen molar-refractivity contribution in [2.75, 3.05) is 30.7 Å². The number of hydrogen-bond donors (Lipinski definition) is 2. The van der Waals surface area contributed by atoms with Crippen LogP contribution in [0.3, 0.4) is 0 Å². The van der Waals surface area contributed by atoms with Crippen molar-refractivity contribution in [1.82, 2.24) is 4.90 Å². The van der Waals surface area contributed by atoms with E-state index in [1.807, 2.05) is 32.0 Å². The number of nitrogens with one attached hydrogen (secondary N) is 1. The van der Waals surface area contributed by atoms with Crippen molar-refractivity contribution in [3.8, 4) is 5.75 Å². The Kier molecular flexibility index (Phi) is 5.64. The van der Waals surface area contributed by atoms with Crippen LogP contribution in [0.2, 0.25) is 0 Å². The molecule has 1 heterocycles. The van der Waals surface area contributed by atoms with Crippen LogP contribution in [-0.2, 0) is 17.6 Å². The second kappa shape index (κ2) is 8.12. The van der Waals surface area contributed by atoms with E-state index in [1.54, 1.807) is 23.1 Å². The smallest absolute Gasteiger partial charge is 0.253 e. The summed E-state index contributed by atoms with van der Waals surface area (Å²) < 4.78 is 5.49. The van der Waals surface area contributed by atoms with Crippen LogP contribution in [0.25, 0.3) is 0 Å². The third kappa shape index (κ3) is 4.22. The van der Waals surface area contributed by atoms with Gasteiger partial charge in [-0.3, -0.25) is 9.59 Å². The number of benzene rings is 2. The molecule has 3 N–H and O–H groups in total. The molecule has 0 saturated carbocycles. The van der Waals surface area contributed by atoms with Crippen LogP contribution in [0.4, 0.5) is 11.4 Å². The molecule has 0 atom stereocenters. The van der Waals surface area contributed by atoms with Crippen molar-refractivity contribution in [2.45, 2.75) is 26.7 Å². The first-order valence-corrected chi connectivity index (χ1v) is 9.25. The molecule has 3 rings (SSSR count). The van der Waals surface area contributed by atoms with Gasteiger partial charge in [0, 0.05) is 25.1 Å². The third-order valence-electron chi connectivity index (χ3n) is 4.74. The van der Waals surface area contributed by atoms with Crippen molar-refractivity contribution in [1.29, 1.82) is 0 Å². The number of rotatable bonds is 6. The molecule has 0 aliphatic carbocycles. The Morgan fingerprint density at radius 2 is 1.93 bits per heavy atom. The molecule has 1 aliphatic rings. The number of fused-ring (bicyclic) bond motifs is 1. The number of hydrogen-bond acceptors (Lipinski definition) is 4. The van der Waals surface area contributed by atoms with Crippen LogP contribution in [0.1, 0.15) is 35.3 Å². The minimum atomic E-state index is -0.173. The van der Waals surface area contributed by atoms with Crippen molar-refractivity contribution < 1.29 is 14.3 Å². The molecule has 0 bridgehead atoms. The van der Waals surface area contributed by atoms with E-state index in [-0.39, 0.29) is 18.2 Å². The van der Waals surface area contributed by atoms with Gasteiger partial charge in [-0.1, -0.05) is 12.1 Å². The minimum absolute atomic E-state index is 0.0749. The fourth-order valence-electron chi connectivity index (χ4n) is 3.22. The molecule has 2 aromatic rings. The summed E-state index contributed by atoms with van der Waals surface area (Å²) in [6, 6.07) is 10.8. The Morgan fingerprint density at radius 3 is 2.67 bits per heavy atom. The average Bonchev–Trinajstić information content (AvgIpc) is 3.12. The van der Waals surface area contributed by atoms with Crippen LogP contribution in [0, 0.1) is 0 Å². The van der Waals surface area contributed by atoms with E-state index in [0.717, 1.165) is 23.3 Å². The van der Waals surface area contributed by atoms with Crippen molar-refractivity contribution in [2.24, 2.45) is 0 Å². The normalized spacial score (nSPS) is 12.2. The molecule has 0 unspecified atom stereocenters. The lowest BCUT2D eigenvalue weighted by molar-refractivity contribution is -0.115. The minimum Gasteiger partial charge on any atom is -0.493 e. The number of carbonyl (C=O) groups is 2. The van der Waals surface area contributed by atoms with Gasteiger partial charge in [-0.2, -0.15) is 0 Å². The van der Waals surface area contributed by atoms with E-state index in [2.05, 4.69) is 5.32 Å². The average molecular weight is 367 g/mol. The summed E-state index contributed by atoms with van der Waals surface area (Å²) in [5.41, 5.74) is 9.45. The molecule has 0 radical (unpaired) electrons. The Hall–Kier alpha value is -3.02. The summed E-state index contributed by atoms with van der Waals surface area (Å²) in [7, 11) is 0. The maximum atomic E-state index is 12.5. The summed E-state index contributed by atoms with van der Waals surface area (Å²) in [5.74, 6) is 0.646. The second-order valence-electron chi connectivity index (χ2n) is 6.54. The van der Waals surface area contributed by atoms with Crippen molar-refractivity contribution >= 4 is 23.2 Å². The van der Waals surface area contributed by atoms with E-state index in [1.165, 1.54) is 0 Å². The summed E-state index contributed by atoms with van der Waals surface area (Å²) in [4.78, 5) is 26.7. The van der Waals surface area contributed by atoms with Crippen molar-refractivity contribution in [3.05, 3.63) is 53.1 Å². The van der Waals surface area contributed by atoms with Gasteiger partial charge in [-0.05, 0) is 49.2 Å². The van der Waals surface area contributed by atoms with Gasteiger partial charge in [0.1, 0.15) is 5.75 Å². The second-order valence-corrected chi connectivity index (χ2v) is 6.54. The highest BCUT2D eigenvalue weighted by molar-refractivity contribution is 6.00. The van der Waals surface area contributed by atoms with E-state index >= 15 is 0 Å². The zero-order valence-electron chi connectivity index (χ0n) is 15.7. The summed E-state index contributed by atoms with van der Waals surface area (Å²) in [6.45, 7) is 5.81. The molecule has 27 heavy (non-hydrogen) atoms. The fraction of sp³-hybridized carbons (Fsp3) is 0.333. The molecule has 0 saturated heterocycles. The van der Waals surface area contributed by atoms with E-state index in [9.17, 15) is 9.59 Å². The predicted molar refractivity (Wildman–Crippen MR) is 106 cm³/mol. The standard InChI is InChI=1S/C21H25N3O3/c1-3-24(4-2)21(26)16-6-7-17(22)18(13-16)23-20(25)12-14-5-8-19-15(11-14)9-10-27-19/h5-8,11,13H,3-4,9-10,12,22H2,1-2H3,(H,23,25). The number of amides is 2. The first-order chi connectivity index (χ1) is 13.0. The van der Waals surface area contributed by atoms with Crippen LogP contribution >= 0.6 is 0 Å². The number of nitrogens with two attached hydrogens (primary N) is 1. The Balaban J connectivity index is 1.72. The first-order valence-electron chi connectivity index (χ1n) is 9.25. The highest BCUT2D eigenvalue weighted by Gasteiger charge is 2.16. The summed E-state index contributed by atoms with van der Waals surface area (Å²) in [6.07, 6.45) is 1.11. The fourth-order valence-corrected chi connectivity index (χ4v) is 3.22. The number of nitrogens with zero attached hydrogens (tertiary/aromatic N) is 1. The van der Waals surface area contributed by atoms with Gasteiger partial charge < -0.3 is 20.7 Å². The van der Waals surface area contributed by atoms with Gasteiger partial charge >= 0.3 is 0 Å². The van der Waals surface area contributed by atoms with Gasteiger partial charge in [0.05, 0.1) is 24.4 Å². The summed E-state index contributed by atoms with van der Waals surface area (Å²) in [5, 5.41) is 2.83. The van der Waals surface area contributed by atoms with Crippen LogP contribution in [0.5, 0.6) is 5.75 Å². The molecule has 6 heteroatoms. The van der Waals surface area contributed by atoms with E-state index < -0.39 is 0 Å². The lowest BCUT2D eigenvalue weighted by Gasteiger charge is -2.19. The Bertz CT molecular complexity index is 860. The molecule has 6 nitrogen and oxygen atoms in total. The highest BCUT2D eigenvalue weighted by atomic mass is 16.5. The molecule has 0 aromatic heterocycles. The van der Waals surface area contributed by atoms with Gasteiger partial charge in [0.2, 0.25) is 5.91 Å². The molecule has 0 spiro atoms. The Labute approximate surface area is 159 Å². The topological polar surface area (TPSA) is 84.7 Å². The quantitative estimate of drug-likeness (QED) is 0.769. The molecule has 0 fully saturated rings. The number of nitrogen functional groups attached to an aromatic ring is 1. The molecule has 142 valence electrons. The van der Waals surface area contributed by atoms with Gasteiger partial charge in [-0.25, -0.2) is 0 Å². The number of ether oxygens (including phenoxy) is 1. The number of carbonyl (C=O) groups excluding carboxylic acids is 2. The summed E-state index contributed by atoms with van der Waals surface area (Å²) >= 11 is 0. The van der Waals surface area contributed by atoms with Crippen LogP contribution in [-0.4, -0.2) is 36.4 Å². The van der Waals surface area contributed by atoms with E-state index in [4.69, 9.17) is 10.5 Å². The van der Waals surface area contributed by atoms with Gasteiger partial charge in [-0.15, -0.1) is 0 Å². The van der Waals surface area contributed by atoms with Crippen molar-refractivity contribution in [3.63, 3.8) is 0 Å². The Morgan fingerprint density at radius 1 is 1.15 bits per heavy atom. The molecular formula is C21H25N3O3. The van der Waals surface area contributed by atoms with Crippen LogP contribution < -0.4 is 15.8 Å². The highest BCUT2D eigenvalue weighted by Crippen LogP contribution is 2.26. The van der Waals surface area contributed by atoms with Gasteiger partial charge in [0.15, 0.2) is 0 Å². The predicted octanol–water partition coefficient (Wildman–Crippen LogP) is 2.87. The zero-order chi connectivity index (χ0) is 19.4. The number of anilines is 2. The zero-order valence-corrected chi connectivity index (χ0v) is 15.7. The lowest BCUT2D eigenvalue weighted by atomic mass is 10.1. The van der Waals surface area contributed by atoms with Gasteiger partial charge in [0.25, 0.3) is 5.91 Å². The van der Waals surface area contributed by atoms with E-state index in [0.29, 0.717) is 36.6 Å². The lowest BCUT2D eigenvalue weighted by Crippen LogP contribution is -2.30. The molecule has 2 aromatic carbocycles. The molecule has 1 aliphatic heterocycles. The third-order valence-corrected chi connectivity index (χ3v) is 4.74. The maximum Gasteiger partial charge on any atom is 0.253 e. The molecular weight excluding hydrogens is 342 g/mol. The first kappa shape index (κ1) is 18.8. The molecule has 2 amide bonds. The SMILES string of the molecule is CCN(CC)C(=O)c1ccc(N)c(NC(=O)Cc2ccc3c(c2)CCO3)c1. The monoisotopic (exact) mass is 367 g/mol. The van der Waals surface area contributed by atoms with Crippen LogP contribution in [0.15, 0.2) is 36.4 Å². The maximum absolute atomic E-state index is 12.5. The largest absolute Gasteiger partial charge is 0.493 e.